The summed E-state index contributed by atoms with van der Waals surface area (Å²) >= 11 is 0. The van der Waals surface area contributed by atoms with E-state index in [9.17, 15) is 29.1 Å². The summed E-state index contributed by atoms with van der Waals surface area (Å²) in [7, 11) is 0. The maximum absolute atomic E-state index is 15.7. The van der Waals surface area contributed by atoms with Gasteiger partial charge in [-0.3, -0.25) is 19.2 Å². The van der Waals surface area contributed by atoms with Gasteiger partial charge in [-0.2, -0.15) is 8.78 Å². The van der Waals surface area contributed by atoms with E-state index in [1.54, 1.807) is 70.2 Å². The Morgan fingerprint density at radius 2 is 1.40 bits per heavy atom. The molecular weight excluding hydrogens is 652 g/mol. The van der Waals surface area contributed by atoms with Crippen molar-refractivity contribution in [3.8, 4) is 5.75 Å². The van der Waals surface area contributed by atoms with Crippen molar-refractivity contribution < 1.29 is 47.3 Å². The van der Waals surface area contributed by atoms with E-state index >= 15 is 8.78 Å². The minimum Gasteiger partial charge on any atom is -0.530 e. The van der Waals surface area contributed by atoms with Crippen LogP contribution in [0.3, 0.4) is 0 Å². The minimum absolute atomic E-state index is 0.104. The first-order valence-electron chi connectivity index (χ1n) is 16.1. The number of rotatable bonds is 19. The largest absolute Gasteiger partial charge is 0.530 e. The van der Waals surface area contributed by atoms with Crippen molar-refractivity contribution in [2.75, 3.05) is 6.61 Å². The van der Waals surface area contributed by atoms with Crippen LogP contribution in [0.4, 0.5) is 13.6 Å². The van der Waals surface area contributed by atoms with Gasteiger partial charge in [0.05, 0.1) is 12.1 Å². The van der Waals surface area contributed by atoms with Gasteiger partial charge in [0.25, 0.3) is 12.4 Å². The molecule has 50 heavy (non-hydrogen) atoms. The van der Waals surface area contributed by atoms with E-state index in [0.717, 1.165) is 10.5 Å². The predicted molar refractivity (Wildman–Crippen MR) is 178 cm³/mol. The number of carbonyl (C=O) groups excluding carboxylic acids is 5. The number of ketones is 1. The molecule has 0 heterocycles. The van der Waals surface area contributed by atoms with Gasteiger partial charge in [-0.05, 0) is 40.7 Å². The second-order valence-corrected chi connectivity index (χ2v) is 12.4. The van der Waals surface area contributed by atoms with Crippen molar-refractivity contribution in [2.24, 2.45) is 11.8 Å². The van der Waals surface area contributed by atoms with Crippen LogP contribution < -0.4 is 20.5 Å². The Morgan fingerprint density at radius 1 is 0.820 bits per heavy atom. The van der Waals surface area contributed by atoms with E-state index < -0.39 is 72.6 Å². The molecule has 11 nitrogen and oxygen atoms in total. The molecular formula is C37H42F2N3O8-. The molecule has 0 spiro atoms. The first-order chi connectivity index (χ1) is 23.7. The molecule has 0 bridgehead atoms. The summed E-state index contributed by atoms with van der Waals surface area (Å²) in [6, 6.07) is 19.5. The highest BCUT2D eigenvalue weighted by molar-refractivity contribution is 6.10. The molecule has 3 amide bonds. The van der Waals surface area contributed by atoms with Crippen LogP contribution in [0, 0.1) is 11.8 Å². The number of ether oxygens (including phenoxy) is 2. The number of hydrogen-bond acceptors (Lipinski definition) is 8. The summed E-state index contributed by atoms with van der Waals surface area (Å²) in [5.41, 5.74) is 1.80. The number of amides is 3. The lowest BCUT2D eigenvalue weighted by molar-refractivity contribution is -0.269. The van der Waals surface area contributed by atoms with Gasteiger partial charge in [0, 0.05) is 13.0 Å². The summed E-state index contributed by atoms with van der Waals surface area (Å²) in [5.74, 6) is -10.2. The molecule has 0 aliphatic carbocycles. The third kappa shape index (κ3) is 11.1. The fraction of sp³-hybridized carbons (Fsp3) is 0.378. The van der Waals surface area contributed by atoms with Gasteiger partial charge >= 0.3 is 5.92 Å². The van der Waals surface area contributed by atoms with Gasteiger partial charge in [0.1, 0.15) is 31.1 Å². The molecule has 3 atom stereocenters. The van der Waals surface area contributed by atoms with E-state index in [1.807, 2.05) is 30.3 Å². The monoisotopic (exact) mass is 694 g/mol. The fourth-order valence-corrected chi connectivity index (χ4v) is 5.16. The number of carbonyl (C=O) groups is 5. The third-order valence-corrected chi connectivity index (χ3v) is 7.97. The van der Waals surface area contributed by atoms with Crippen molar-refractivity contribution >= 4 is 30.2 Å². The van der Waals surface area contributed by atoms with Crippen molar-refractivity contribution in [2.45, 2.75) is 71.3 Å². The Morgan fingerprint density at radius 3 is 1.92 bits per heavy atom. The molecule has 0 saturated carbocycles. The molecule has 0 unspecified atom stereocenters. The standard InChI is InChI=1S/C37H43F2N3O8/c1-24(2)31(22-49-23-43)41-35(46)37(38,39)33(44)30(19-26-15-17-29(18-16-26)50-21-28-13-9-6-10-14-28)40-34(45)32(25(3)4)42(36(47)48)20-27-11-7-5-8-12-27/h5-18,23-25,30-32H,19-22H2,1-4H3,(H,40,45)(H,41,46)(H,47,48)/p-1/t30-,31-,32-/m0/s1. The number of halogens is 2. The van der Waals surface area contributed by atoms with E-state index in [1.165, 1.54) is 12.1 Å². The SMILES string of the molecule is CC(C)[C@H](COC=O)NC(=O)C(F)(F)C(=O)[C@H](Cc1ccc(OCc2ccccc2)cc1)NC(=O)[C@H](C(C)C)N(Cc1ccccc1)C(=O)[O-]. The number of nitrogens with one attached hydrogen (secondary N) is 2. The maximum Gasteiger partial charge on any atom is 0.383 e. The highest BCUT2D eigenvalue weighted by Gasteiger charge is 2.51. The van der Waals surface area contributed by atoms with Gasteiger partial charge < -0.3 is 34.9 Å². The molecule has 3 aromatic carbocycles. The van der Waals surface area contributed by atoms with Crippen molar-refractivity contribution in [3.63, 3.8) is 0 Å². The van der Waals surface area contributed by atoms with E-state index in [-0.39, 0.29) is 19.6 Å². The molecule has 0 aliphatic heterocycles. The topological polar surface area (TPSA) is 154 Å². The zero-order chi connectivity index (χ0) is 36.8. The van der Waals surface area contributed by atoms with Crippen LogP contribution >= 0.6 is 0 Å². The molecule has 3 aromatic rings. The summed E-state index contributed by atoms with van der Waals surface area (Å²) in [6.07, 6.45) is -2.15. The lowest BCUT2D eigenvalue weighted by Crippen LogP contribution is -2.61. The van der Waals surface area contributed by atoms with E-state index in [2.05, 4.69) is 15.4 Å². The molecule has 268 valence electrons. The van der Waals surface area contributed by atoms with Crippen molar-refractivity contribution in [1.29, 1.82) is 0 Å². The minimum atomic E-state index is -4.64. The zero-order valence-corrected chi connectivity index (χ0v) is 28.3. The average molecular weight is 695 g/mol. The molecule has 0 radical (unpaired) electrons. The number of hydrogen-bond donors (Lipinski definition) is 2. The fourth-order valence-electron chi connectivity index (χ4n) is 5.16. The summed E-state index contributed by atoms with van der Waals surface area (Å²) in [6.45, 7) is 6.03. The maximum atomic E-state index is 15.7. The van der Waals surface area contributed by atoms with Crippen LogP contribution in [0.5, 0.6) is 5.75 Å². The number of nitrogens with zero attached hydrogens (tertiary/aromatic N) is 1. The number of Topliss-reactive ketones (excluding diaryl/α,β-unsaturated/α-hetero) is 1. The Hall–Kier alpha value is -5.33. The number of alkyl halides is 2. The van der Waals surface area contributed by atoms with E-state index in [4.69, 9.17) is 4.74 Å². The van der Waals surface area contributed by atoms with Crippen LogP contribution in [0.2, 0.25) is 0 Å². The molecule has 3 rings (SSSR count). The molecule has 0 saturated heterocycles. The lowest BCUT2D eigenvalue weighted by atomic mass is 9.95. The van der Waals surface area contributed by atoms with Gasteiger partial charge in [0.2, 0.25) is 11.7 Å². The third-order valence-electron chi connectivity index (χ3n) is 7.97. The second kappa shape index (κ2) is 18.4. The molecule has 0 aromatic heterocycles. The second-order valence-electron chi connectivity index (χ2n) is 12.4. The summed E-state index contributed by atoms with van der Waals surface area (Å²) in [4.78, 5) is 63.9. The molecule has 0 fully saturated rings. The highest BCUT2D eigenvalue weighted by Crippen LogP contribution is 2.23. The molecule has 0 aliphatic rings. The normalized spacial score (nSPS) is 13.1. The zero-order valence-electron chi connectivity index (χ0n) is 28.3. The van der Waals surface area contributed by atoms with E-state index in [0.29, 0.717) is 16.9 Å². The molecule has 13 heteroatoms. The quantitative estimate of drug-likeness (QED) is 0.142. The van der Waals surface area contributed by atoms with Crippen LogP contribution in [-0.2, 0) is 43.5 Å². The van der Waals surface area contributed by atoms with Crippen molar-refractivity contribution in [1.82, 2.24) is 15.5 Å². The number of benzene rings is 3. The first kappa shape index (κ1) is 39.1. The van der Waals surface area contributed by atoms with Gasteiger partial charge in [-0.25, -0.2) is 0 Å². The van der Waals surface area contributed by atoms with Crippen LogP contribution in [0.15, 0.2) is 84.9 Å². The van der Waals surface area contributed by atoms with Gasteiger partial charge in [0.15, 0.2) is 0 Å². The van der Waals surface area contributed by atoms with Crippen LogP contribution in [0.1, 0.15) is 44.4 Å². The average Bonchev–Trinajstić information content (AvgIpc) is 3.09. The van der Waals surface area contributed by atoms with Crippen LogP contribution in [-0.4, -0.2) is 65.7 Å². The summed E-state index contributed by atoms with van der Waals surface area (Å²) < 4.78 is 41.7. The molecule has 2 N–H and O–H groups in total. The van der Waals surface area contributed by atoms with Gasteiger partial charge in [-0.1, -0.05) is 100 Å². The summed E-state index contributed by atoms with van der Waals surface area (Å²) in [5, 5.41) is 16.7. The Kier molecular flexibility index (Phi) is 14.4. The van der Waals surface area contributed by atoms with Gasteiger partial charge in [-0.15, -0.1) is 0 Å². The Labute approximate surface area is 289 Å². The Balaban J connectivity index is 1.91. The smallest absolute Gasteiger partial charge is 0.383 e. The highest BCUT2D eigenvalue weighted by atomic mass is 19.3. The first-order valence-corrected chi connectivity index (χ1v) is 16.1. The Bertz CT molecular complexity index is 1570. The lowest BCUT2D eigenvalue weighted by Gasteiger charge is -2.36. The van der Waals surface area contributed by atoms with Crippen LogP contribution in [0.25, 0.3) is 0 Å². The van der Waals surface area contributed by atoms with Crippen molar-refractivity contribution in [3.05, 3.63) is 102 Å². The number of carboxylic acid groups (broad SMARTS) is 1. The predicted octanol–water partition coefficient (Wildman–Crippen LogP) is 3.68.